The third kappa shape index (κ3) is 3.38. The Bertz CT molecular complexity index is 258. The first kappa shape index (κ1) is 11.0. The molecule has 0 radical (unpaired) electrons. The number of nitrogens with one attached hydrogen (secondary N) is 1. The van der Waals surface area contributed by atoms with Crippen LogP contribution < -0.4 is 10.1 Å². The number of hydrogen-bond donors (Lipinski definition) is 1. The van der Waals surface area contributed by atoms with Crippen LogP contribution in [-0.4, -0.2) is 30.0 Å². The molecule has 0 spiro atoms. The molecule has 1 aromatic heterocycles. The summed E-state index contributed by atoms with van der Waals surface area (Å²) in [5.74, 6) is 0.856. The van der Waals surface area contributed by atoms with Gasteiger partial charge in [0.2, 0.25) is 0 Å². The Morgan fingerprint density at radius 3 is 2.93 bits per heavy atom. The predicted molar refractivity (Wildman–Crippen MR) is 56.7 cm³/mol. The van der Waals surface area contributed by atoms with E-state index in [9.17, 15) is 0 Å². The first-order valence-corrected chi connectivity index (χ1v) is 5.05. The molecular weight excluding hydrogens is 178 g/mol. The molecule has 1 N–H and O–H groups in total. The maximum Gasteiger partial charge on any atom is 0.157 e. The van der Waals surface area contributed by atoms with Gasteiger partial charge in [-0.1, -0.05) is 0 Å². The molecule has 0 aromatic carbocycles. The van der Waals surface area contributed by atoms with Crippen LogP contribution in [0.25, 0.3) is 0 Å². The molecule has 80 valence electrons. The molecule has 0 saturated carbocycles. The quantitative estimate of drug-likeness (QED) is 0.702. The molecule has 4 heteroatoms. The molecule has 14 heavy (non-hydrogen) atoms. The van der Waals surface area contributed by atoms with Gasteiger partial charge >= 0.3 is 0 Å². The lowest BCUT2D eigenvalue weighted by Gasteiger charge is -2.04. The lowest BCUT2D eigenvalue weighted by molar-refractivity contribution is 0.309. The molecule has 0 unspecified atom stereocenters. The Morgan fingerprint density at radius 1 is 1.57 bits per heavy atom. The van der Waals surface area contributed by atoms with Gasteiger partial charge in [-0.25, -0.2) is 0 Å². The third-order valence-electron chi connectivity index (χ3n) is 1.95. The molecule has 0 aliphatic heterocycles. The van der Waals surface area contributed by atoms with Crippen LogP contribution in [0.15, 0.2) is 12.4 Å². The molecule has 0 fully saturated rings. The summed E-state index contributed by atoms with van der Waals surface area (Å²) in [7, 11) is 1.94. The van der Waals surface area contributed by atoms with Gasteiger partial charge in [0, 0.05) is 6.04 Å². The van der Waals surface area contributed by atoms with Crippen LogP contribution in [0.2, 0.25) is 0 Å². The van der Waals surface area contributed by atoms with Crippen LogP contribution in [0, 0.1) is 0 Å². The van der Waals surface area contributed by atoms with Gasteiger partial charge in [0.25, 0.3) is 0 Å². The minimum absolute atomic E-state index is 0.393. The van der Waals surface area contributed by atoms with Crippen molar-refractivity contribution in [2.75, 3.05) is 20.2 Å². The van der Waals surface area contributed by atoms with Crippen LogP contribution in [0.1, 0.15) is 26.3 Å². The topological polar surface area (TPSA) is 39.1 Å². The first-order chi connectivity index (χ1) is 6.74. The highest BCUT2D eigenvalue weighted by molar-refractivity contribution is 5.11. The zero-order valence-electron chi connectivity index (χ0n) is 9.16. The van der Waals surface area contributed by atoms with Crippen LogP contribution in [0.4, 0.5) is 0 Å². The van der Waals surface area contributed by atoms with Crippen molar-refractivity contribution in [3.63, 3.8) is 0 Å². The molecule has 1 rings (SSSR count). The highest BCUT2D eigenvalue weighted by Crippen LogP contribution is 2.12. The zero-order valence-corrected chi connectivity index (χ0v) is 9.16. The minimum Gasteiger partial charge on any atom is -0.490 e. The molecule has 1 aromatic rings. The molecule has 0 aliphatic carbocycles. The lowest BCUT2D eigenvalue weighted by atomic mass is 10.4. The van der Waals surface area contributed by atoms with E-state index in [-0.39, 0.29) is 0 Å². The van der Waals surface area contributed by atoms with Gasteiger partial charge in [0.1, 0.15) is 0 Å². The fourth-order valence-electron chi connectivity index (χ4n) is 1.12. The minimum atomic E-state index is 0.393. The molecule has 0 atom stereocenters. The molecule has 0 saturated heterocycles. The van der Waals surface area contributed by atoms with Crippen molar-refractivity contribution in [2.24, 2.45) is 0 Å². The van der Waals surface area contributed by atoms with Crippen molar-refractivity contribution in [3.05, 3.63) is 12.4 Å². The summed E-state index contributed by atoms with van der Waals surface area (Å²) < 4.78 is 7.41. The van der Waals surface area contributed by atoms with E-state index in [4.69, 9.17) is 4.74 Å². The lowest BCUT2D eigenvalue weighted by Crippen LogP contribution is -2.11. The number of aromatic nitrogens is 2. The van der Waals surface area contributed by atoms with Crippen molar-refractivity contribution < 1.29 is 4.74 Å². The first-order valence-electron chi connectivity index (χ1n) is 5.05. The van der Waals surface area contributed by atoms with Gasteiger partial charge in [-0.3, -0.25) is 4.68 Å². The van der Waals surface area contributed by atoms with Gasteiger partial charge in [0.15, 0.2) is 5.75 Å². The molecule has 1 heterocycles. The van der Waals surface area contributed by atoms with E-state index >= 15 is 0 Å². The van der Waals surface area contributed by atoms with E-state index in [1.54, 1.807) is 6.20 Å². The van der Waals surface area contributed by atoms with Gasteiger partial charge in [0.05, 0.1) is 19.0 Å². The summed E-state index contributed by atoms with van der Waals surface area (Å²) >= 11 is 0. The summed E-state index contributed by atoms with van der Waals surface area (Å²) in [6.45, 7) is 5.92. The van der Waals surface area contributed by atoms with Gasteiger partial charge in [-0.2, -0.15) is 5.10 Å². The average Bonchev–Trinajstić information content (AvgIpc) is 2.61. The van der Waals surface area contributed by atoms with E-state index in [0.29, 0.717) is 6.04 Å². The highest BCUT2D eigenvalue weighted by Gasteiger charge is 2.01. The van der Waals surface area contributed by atoms with E-state index < -0.39 is 0 Å². The number of rotatable bonds is 6. The Balaban J connectivity index is 2.29. The van der Waals surface area contributed by atoms with E-state index in [1.165, 1.54) is 0 Å². The molecule has 0 amide bonds. The Kier molecular flexibility index (Phi) is 4.46. The van der Waals surface area contributed by atoms with Crippen molar-refractivity contribution >= 4 is 0 Å². The summed E-state index contributed by atoms with van der Waals surface area (Å²) in [6.07, 6.45) is 4.72. The van der Waals surface area contributed by atoms with Gasteiger partial charge < -0.3 is 10.1 Å². The SMILES string of the molecule is CNCCCOc1cnn(C(C)C)c1. The summed E-state index contributed by atoms with van der Waals surface area (Å²) in [6, 6.07) is 0.393. The summed E-state index contributed by atoms with van der Waals surface area (Å²) in [5.41, 5.74) is 0. The van der Waals surface area contributed by atoms with Crippen LogP contribution >= 0.6 is 0 Å². The number of ether oxygens (including phenoxy) is 1. The smallest absolute Gasteiger partial charge is 0.157 e. The Morgan fingerprint density at radius 2 is 2.36 bits per heavy atom. The second-order valence-electron chi connectivity index (χ2n) is 3.56. The van der Waals surface area contributed by atoms with Crippen molar-refractivity contribution in [1.82, 2.24) is 15.1 Å². The summed E-state index contributed by atoms with van der Waals surface area (Å²) in [5, 5.41) is 7.27. The maximum absolute atomic E-state index is 5.52. The second-order valence-corrected chi connectivity index (χ2v) is 3.56. The highest BCUT2D eigenvalue weighted by atomic mass is 16.5. The molecule has 4 nitrogen and oxygen atoms in total. The summed E-state index contributed by atoms with van der Waals surface area (Å²) in [4.78, 5) is 0. The van der Waals surface area contributed by atoms with Crippen molar-refractivity contribution in [3.8, 4) is 5.75 Å². The fraction of sp³-hybridized carbons (Fsp3) is 0.700. The van der Waals surface area contributed by atoms with Crippen molar-refractivity contribution in [1.29, 1.82) is 0 Å². The number of hydrogen-bond acceptors (Lipinski definition) is 3. The Hall–Kier alpha value is -1.03. The maximum atomic E-state index is 5.52. The molecule has 0 bridgehead atoms. The molecule has 0 aliphatic rings. The largest absolute Gasteiger partial charge is 0.490 e. The standard InChI is InChI=1S/C10H19N3O/c1-9(2)13-8-10(7-12-13)14-6-4-5-11-3/h7-9,11H,4-6H2,1-3H3. The number of nitrogens with zero attached hydrogens (tertiary/aromatic N) is 2. The van der Waals surface area contributed by atoms with Gasteiger partial charge in [-0.15, -0.1) is 0 Å². The van der Waals surface area contributed by atoms with E-state index in [0.717, 1.165) is 25.3 Å². The normalized spacial score (nSPS) is 10.9. The van der Waals surface area contributed by atoms with Crippen molar-refractivity contribution in [2.45, 2.75) is 26.3 Å². The van der Waals surface area contributed by atoms with E-state index in [1.807, 2.05) is 17.9 Å². The third-order valence-corrected chi connectivity index (χ3v) is 1.95. The Labute approximate surface area is 85.3 Å². The van der Waals surface area contributed by atoms with Crippen LogP contribution in [0.3, 0.4) is 0 Å². The zero-order chi connectivity index (χ0) is 10.4. The fourth-order valence-corrected chi connectivity index (χ4v) is 1.12. The van der Waals surface area contributed by atoms with Crippen LogP contribution in [-0.2, 0) is 0 Å². The van der Waals surface area contributed by atoms with Gasteiger partial charge in [-0.05, 0) is 33.9 Å². The average molecular weight is 197 g/mol. The van der Waals surface area contributed by atoms with E-state index in [2.05, 4.69) is 24.3 Å². The monoisotopic (exact) mass is 197 g/mol. The van der Waals surface area contributed by atoms with Crippen LogP contribution in [0.5, 0.6) is 5.75 Å². The second kappa shape index (κ2) is 5.65. The molecular formula is C10H19N3O. The predicted octanol–water partition coefficient (Wildman–Crippen LogP) is 1.45.